The van der Waals surface area contributed by atoms with E-state index in [-0.39, 0.29) is 0 Å². The zero-order valence-electron chi connectivity index (χ0n) is 14.5. The largest absolute Gasteiger partial charge is 0.256 e. The lowest BCUT2D eigenvalue weighted by molar-refractivity contribution is 1.40. The molecule has 0 radical (unpaired) electrons. The van der Waals surface area contributed by atoms with Gasteiger partial charge >= 0.3 is 0 Å². The standard InChI is InChI=1S/C22H10N6/c1-2-12-17-13(4-6-16-22(17)28-10-26-16)21-18(20(12)23-7-1)11-3-5-15-19(27-9-25-15)14(11)8-24-21/h1-10H. The maximum atomic E-state index is 4.85. The van der Waals surface area contributed by atoms with Crippen LogP contribution in [0.25, 0.3) is 43.4 Å². The van der Waals surface area contributed by atoms with Crippen molar-refractivity contribution in [2.24, 2.45) is 20.0 Å². The van der Waals surface area contributed by atoms with E-state index in [1.165, 1.54) is 0 Å². The molecule has 28 heavy (non-hydrogen) atoms. The summed E-state index contributed by atoms with van der Waals surface area (Å²) in [5, 5.41) is 8.01. The lowest BCUT2D eigenvalue weighted by Gasteiger charge is -2.11. The van der Waals surface area contributed by atoms with Gasteiger partial charge in [-0.25, -0.2) is 20.0 Å². The Morgan fingerprint density at radius 2 is 1.29 bits per heavy atom. The quantitative estimate of drug-likeness (QED) is 0.396. The van der Waals surface area contributed by atoms with Gasteiger partial charge in [0.25, 0.3) is 0 Å². The average Bonchev–Trinajstić information content (AvgIpc) is 3.42. The van der Waals surface area contributed by atoms with Crippen molar-refractivity contribution in [1.82, 2.24) is 9.97 Å². The molecule has 0 saturated heterocycles. The van der Waals surface area contributed by atoms with Crippen molar-refractivity contribution in [2.75, 3.05) is 0 Å². The molecule has 0 aliphatic carbocycles. The third-order valence-electron chi connectivity index (χ3n) is 5.52. The molecule has 0 fully saturated rings. The number of aromatic nitrogens is 2. The highest BCUT2D eigenvalue weighted by molar-refractivity contribution is 6.29. The van der Waals surface area contributed by atoms with Crippen LogP contribution in [0, 0.1) is 0 Å². The summed E-state index contributed by atoms with van der Waals surface area (Å²) in [6.45, 7) is 0. The highest BCUT2D eigenvalue weighted by atomic mass is 14.9. The Kier molecular flexibility index (Phi) is 2.41. The predicted molar refractivity (Wildman–Crippen MR) is 111 cm³/mol. The predicted octanol–water partition coefficient (Wildman–Crippen LogP) is 3.68. The molecule has 2 aliphatic heterocycles. The van der Waals surface area contributed by atoms with Crippen molar-refractivity contribution in [3.8, 4) is 0 Å². The maximum Gasteiger partial charge on any atom is 0.116 e. The van der Waals surface area contributed by atoms with E-state index in [9.17, 15) is 0 Å². The molecular weight excluding hydrogens is 348 g/mol. The molecule has 2 aliphatic rings. The number of nitrogens with zero attached hydrogens (tertiary/aromatic N) is 6. The van der Waals surface area contributed by atoms with Gasteiger partial charge in [0.15, 0.2) is 0 Å². The van der Waals surface area contributed by atoms with Gasteiger partial charge in [-0.15, -0.1) is 0 Å². The maximum absolute atomic E-state index is 4.85. The van der Waals surface area contributed by atoms with Crippen LogP contribution in [0.1, 0.15) is 0 Å². The first-order valence-electron chi connectivity index (χ1n) is 8.96. The highest BCUT2D eigenvalue weighted by Crippen LogP contribution is 2.36. The molecule has 6 nitrogen and oxygen atoms in total. The topological polar surface area (TPSA) is 75.2 Å². The van der Waals surface area contributed by atoms with E-state index in [0.29, 0.717) is 0 Å². The van der Waals surface area contributed by atoms with Gasteiger partial charge in [0.1, 0.15) is 12.7 Å². The van der Waals surface area contributed by atoms with Crippen LogP contribution < -0.4 is 10.7 Å². The zero-order valence-corrected chi connectivity index (χ0v) is 14.5. The van der Waals surface area contributed by atoms with Crippen LogP contribution in [0.2, 0.25) is 0 Å². The number of benzene rings is 3. The fraction of sp³-hybridized carbons (Fsp3) is 0. The first-order valence-corrected chi connectivity index (χ1v) is 8.96. The first-order chi connectivity index (χ1) is 13.9. The SMILES string of the molecule is C1=Nc2ccc3c(cnc4c5ccc6c(c5c5cccnc5c34)=NC=N6)c2=N1. The van der Waals surface area contributed by atoms with Crippen LogP contribution in [-0.4, -0.2) is 22.6 Å². The summed E-state index contributed by atoms with van der Waals surface area (Å²) >= 11 is 0. The van der Waals surface area contributed by atoms with Gasteiger partial charge in [-0.2, -0.15) is 0 Å². The van der Waals surface area contributed by atoms with Crippen LogP contribution >= 0.6 is 0 Å². The monoisotopic (exact) mass is 358 g/mol. The minimum absolute atomic E-state index is 0.869. The van der Waals surface area contributed by atoms with E-state index in [1.54, 1.807) is 12.7 Å². The molecule has 0 bridgehead atoms. The molecule has 4 heterocycles. The highest BCUT2D eigenvalue weighted by Gasteiger charge is 2.18. The molecule has 6 heteroatoms. The Labute approximate surface area is 157 Å². The number of pyridine rings is 2. The van der Waals surface area contributed by atoms with Gasteiger partial charge in [0, 0.05) is 39.3 Å². The minimum atomic E-state index is 0.869. The Morgan fingerprint density at radius 1 is 0.571 bits per heavy atom. The van der Waals surface area contributed by atoms with Gasteiger partial charge in [-0.05, 0) is 29.7 Å². The molecule has 128 valence electrons. The Balaban J connectivity index is 1.85. The van der Waals surface area contributed by atoms with Gasteiger partial charge in [0.2, 0.25) is 0 Å². The zero-order chi connectivity index (χ0) is 18.2. The van der Waals surface area contributed by atoms with Crippen molar-refractivity contribution < 1.29 is 0 Å². The lowest BCUT2D eigenvalue weighted by Crippen LogP contribution is -2.05. The molecule has 5 aromatic rings. The van der Waals surface area contributed by atoms with Crippen molar-refractivity contribution in [3.05, 3.63) is 59.5 Å². The average molecular weight is 358 g/mol. The first kappa shape index (κ1) is 14.1. The second-order valence-electron chi connectivity index (χ2n) is 6.88. The smallest absolute Gasteiger partial charge is 0.116 e. The Bertz CT molecular complexity index is 1690. The van der Waals surface area contributed by atoms with Crippen molar-refractivity contribution in [1.29, 1.82) is 0 Å². The van der Waals surface area contributed by atoms with Crippen LogP contribution in [0.4, 0.5) is 11.4 Å². The second kappa shape index (κ2) is 4.80. The fourth-order valence-corrected chi connectivity index (χ4v) is 4.34. The molecular formula is C22H10N6. The third kappa shape index (κ3) is 1.58. The van der Waals surface area contributed by atoms with E-state index in [1.807, 2.05) is 30.6 Å². The van der Waals surface area contributed by atoms with E-state index in [0.717, 1.165) is 65.4 Å². The summed E-state index contributed by atoms with van der Waals surface area (Å²) in [5.41, 5.74) is 3.59. The summed E-state index contributed by atoms with van der Waals surface area (Å²) in [7, 11) is 0. The number of aliphatic imine (C=N–C) groups is 2. The fourth-order valence-electron chi connectivity index (χ4n) is 4.34. The molecule has 0 saturated carbocycles. The molecule has 3 aromatic carbocycles. The third-order valence-corrected chi connectivity index (χ3v) is 5.52. The van der Waals surface area contributed by atoms with Crippen molar-refractivity contribution in [2.45, 2.75) is 0 Å². The molecule has 0 unspecified atom stereocenters. The van der Waals surface area contributed by atoms with Crippen LogP contribution in [0.3, 0.4) is 0 Å². The van der Waals surface area contributed by atoms with Crippen LogP contribution in [-0.2, 0) is 0 Å². The summed E-state index contributed by atoms with van der Waals surface area (Å²) in [4.78, 5) is 27.2. The summed E-state index contributed by atoms with van der Waals surface area (Å²) in [6, 6.07) is 12.2. The Morgan fingerprint density at radius 3 is 2.18 bits per heavy atom. The van der Waals surface area contributed by atoms with E-state index >= 15 is 0 Å². The van der Waals surface area contributed by atoms with Crippen molar-refractivity contribution >= 4 is 67.4 Å². The van der Waals surface area contributed by atoms with Crippen LogP contribution in [0.5, 0.6) is 0 Å². The number of fused-ring (bicyclic) bond motifs is 12. The summed E-state index contributed by atoms with van der Waals surface area (Å²) in [5.74, 6) is 0. The number of rotatable bonds is 0. The minimum Gasteiger partial charge on any atom is -0.256 e. The molecule has 7 rings (SSSR count). The summed E-state index contributed by atoms with van der Waals surface area (Å²) < 4.78 is 0. The second-order valence-corrected chi connectivity index (χ2v) is 6.88. The molecule has 0 amide bonds. The van der Waals surface area contributed by atoms with E-state index in [4.69, 9.17) is 9.97 Å². The van der Waals surface area contributed by atoms with Gasteiger partial charge in [0.05, 0.1) is 33.1 Å². The molecule has 0 atom stereocenters. The molecule has 0 spiro atoms. The molecule has 2 aromatic heterocycles. The number of hydrogen-bond donors (Lipinski definition) is 0. The number of hydrogen-bond acceptors (Lipinski definition) is 6. The van der Waals surface area contributed by atoms with E-state index < -0.39 is 0 Å². The van der Waals surface area contributed by atoms with E-state index in [2.05, 4.69) is 38.2 Å². The Hall–Kier alpha value is -4.06. The molecule has 0 N–H and O–H groups in total. The van der Waals surface area contributed by atoms with Crippen LogP contribution in [0.15, 0.2) is 68.8 Å². The van der Waals surface area contributed by atoms with Gasteiger partial charge < -0.3 is 0 Å². The lowest BCUT2D eigenvalue weighted by atomic mass is 9.96. The normalized spacial score (nSPS) is 14.0. The van der Waals surface area contributed by atoms with Gasteiger partial charge in [-0.3, -0.25) is 9.97 Å². The van der Waals surface area contributed by atoms with Gasteiger partial charge in [-0.1, -0.05) is 12.1 Å². The summed E-state index contributed by atoms with van der Waals surface area (Å²) in [6.07, 6.45) is 6.92. The van der Waals surface area contributed by atoms with Crippen molar-refractivity contribution in [3.63, 3.8) is 0 Å².